The largest absolute Gasteiger partial charge is 0.380 e. The third-order valence-electron chi connectivity index (χ3n) is 2.88. The van der Waals surface area contributed by atoms with Gasteiger partial charge in [-0.05, 0) is 26.8 Å². The van der Waals surface area contributed by atoms with E-state index in [1.165, 1.54) is 0 Å². The van der Waals surface area contributed by atoms with Crippen molar-refractivity contribution in [2.24, 2.45) is 0 Å². The molecule has 94 valence electrons. The van der Waals surface area contributed by atoms with Gasteiger partial charge >= 0.3 is 0 Å². The fraction of sp³-hybridized carbons (Fsp3) is 0.500. The lowest BCUT2D eigenvalue weighted by molar-refractivity contribution is -0.385. The molecule has 2 unspecified atom stereocenters. The average Bonchev–Trinajstić information content (AvgIpc) is 2.30. The molecule has 5 nitrogen and oxygen atoms in total. The van der Waals surface area contributed by atoms with Gasteiger partial charge in [0.05, 0.1) is 11.0 Å². The molecule has 0 aliphatic rings. The Morgan fingerprint density at radius 1 is 1.41 bits per heavy atom. The van der Waals surface area contributed by atoms with E-state index in [9.17, 15) is 10.1 Å². The highest BCUT2D eigenvalue weighted by Gasteiger charge is 2.14. The van der Waals surface area contributed by atoms with Crippen molar-refractivity contribution >= 4 is 11.4 Å². The van der Waals surface area contributed by atoms with Crippen LogP contribution in [0.4, 0.5) is 11.4 Å². The highest BCUT2D eigenvalue weighted by atomic mass is 16.6. The van der Waals surface area contributed by atoms with Crippen LogP contribution in [0.15, 0.2) is 18.2 Å². The molecule has 0 amide bonds. The van der Waals surface area contributed by atoms with Crippen molar-refractivity contribution in [2.45, 2.75) is 32.9 Å². The summed E-state index contributed by atoms with van der Waals surface area (Å²) >= 11 is 0. The minimum Gasteiger partial charge on any atom is -0.380 e. The first-order chi connectivity index (χ1) is 7.95. The van der Waals surface area contributed by atoms with E-state index in [0.29, 0.717) is 5.56 Å². The molecule has 5 heteroatoms. The Balaban J connectivity index is 2.86. The second kappa shape index (κ2) is 5.63. The molecule has 0 aromatic heterocycles. The molecule has 0 heterocycles. The van der Waals surface area contributed by atoms with E-state index in [1.807, 2.05) is 19.9 Å². The Labute approximate surface area is 101 Å². The zero-order valence-corrected chi connectivity index (χ0v) is 10.6. The molecular weight excluding hydrogens is 220 g/mol. The van der Waals surface area contributed by atoms with Crippen LogP contribution in [0.25, 0.3) is 0 Å². The third-order valence-corrected chi connectivity index (χ3v) is 2.88. The molecule has 0 saturated heterocycles. The van der Waals surface area contributed by atoms with Gasteiger partial charge in [0.15, 0.2) is 0 Å². The van der Waals surface area contributed by atoms with Crippen molar-refractivity contribution < 1.29 is 9.66 Å². The van der Waals surface area contributed by atoms with Gasteiger partial charge in [-0.2, -0.15) is 0 Å². The molecule has 1 rings (SSSR count). The Morgan fingerprint density at radius 3 is 2.59 bits per heavy atom. The Morgan fingerprint density at radius 2 is 2.06 bits per heavy atom. The lowest BCUT2D eigenvalue weighted by Gasteiger charge is -2.21. The predicted molar refractivity (Wildman–Crippen MR) is 67.4 cm³/mol. The number of aryl methyl sites for hydroxylation is 1. The van der Waals surface area contributed by atoms with Crippen molar-refractivity contribution in [1.29, 1.82) is 0 Å². The lowest BCUT2D eigenvalue weighted by atomic mass is 10.1. The van der Waals surface area contributed by atoms with Gasteiger partial charge in [0.25, 0.3) is 5.69 Å². The van der Waals surface area contributed by atoms with Crippen LogP contribution in [0, 0.1) is 17.0 Å². The quantitative estimate of drug-likeness (QED) is 0.632. The predicted octanol–water partition coefficient (Wildman–Crippen LogP) is 2.74. The average molecular weight is 238 g/mol. The number of methoxy groups -OCH3 is 1. The minimum absolute atomic E-state index is 0.0374. The van der Waals surface area contributed by atoms with Crippen LogP contribution >= 0.6 is 0 Å². The van der Waals surface area contributed by atoms with Crippen LogP contribution in [-0.4, -0.2) is 24.2 Å². The van der Waals surface area contributed by atoms with E-state index in [2.05, 4.69) is 5.32 Å². The summed E-state index contributed by atoms with van der Waals surface area (Å²) in [5.41, 5.74) is 1.53. The number of nitro groups is 1. The Bertz CT molecular complexity index is 407. The molecule has 1 aromatic carbocycles. The summed E-state index contributed by atoms with van der Waals surface area (Å²) in [4.78, 5) is 10.4. The van der Waals surface area contributed by atoms with Gasteiger partial charge < -0.3 is 10.1 Å². The highest BCUT2D eigenvalue weighted by molar-refractivity contribution is 5.55. The lowest BCUT2D eigenvalue weighted by Crippen LogP contribution is -2.29. The van der Waals surface area contributed by atoms with Crippen molar-refractivity contribution in [3.8, 4) is 0 Å². The van der Waals surface area contributed by atoms with Gasteiger partial charge in [-0.25, -0.2) is 0 Å². The van der Waals surface area contributed by atoms with Crippen molar-refractivity contribution in [1.82, 2.24) is 0 Å². The molecule has 0 spiro atoms. The van der Waals surface area contributed by atoms with Crippen LogP contribution in [0.2, 0.25) is 0 Å². The molecular formula is C12H18N2O3. The Kier molecular flexibility index (Phi) is 4.45. The van der Waals surface area contributed by atoms with Crippen molar-refractivity contribution in [3.05, 3.63) is 33.9 Å². The van der Waals surface area contributed by atoms with Gasteiger partial charge in [0, 0.05) is 30.5 Å². The van der Waals surface area contributed by atoms with E-state index in [4.69, 9.17) is 4.74 Å². The number of ether oxygens (including phenoxy) is 1. The first-order valence-electron chi connectivity index (χ1n) is 5.50. The van der Waals surface area contributed by atoms with E-state index in [0.717, 1.165) is 5.69 Å². The molecule has 0 aliphatic heterocycles. The molecule has 0 aliphatic carbocycles. The molecule has 1 aromatic rings. The topological polar surface area (TPSA) is 64.4 Å². The Hall–Kier alpha value is -1.62. The van der Waals surface area contributed by atoms with E-state index < -0.39 is 0 Å². The molecule has 17 heavy (non-hydrogen) atoms. The zero-order chi connectivity index (χ0) is 13.0. The summed E-state index contributed by atoms with van der Waals surface area (Å²) in [7, 11) is 1.64. The molecule has 0 bridgehead atoms. The maximum absolute atomic E-state index is 10.8. The minimum atomic E-state index is -0.370. The summed E-state index contributed by atoms with van der Waals surface area (Å²) in [6.07, 6.45) is 0.0374. The summed E-state index contributed by atoms with van der Waals surface area (Å²) in [6, 6.07) is 5.21. The van der Waals surface area contributed by atoms with Gasteiger partial charge in [-0.3, -0.25) is 10.1 Å². The van der Waals surface area contributed by atoms with Crippen LogP contribution in [0.3, 0.4) is 0 Å². The number of nitro benzene ring substituents is 1. The SMILES string of the molecule is COC(C)C(C)Nc1ccc(C)c([N+](=O)[O-])c1. The maximum Gasteiger partial charge on any atom is 0.274 e. The number of hydrogen-bond donors (Lipinski definition) is 1. The molecule has 2 atom stereocenters. The van der Waals surface area contributed by atoms with E-state index in [-0.39, 0.29) is 22.8 Å². The molecule has 0 radical (unpaired) electrons. The highest BCUT2D eigenvalue weighted by Crippen LogP contribution is 2.23. The number of rotatable bonds is 5. The van der Waals surface area contributed by atoms with Crippen molar-refractivity contribution in [3.63, 3.8) is 0 Å². The van der Waals surface area contributed by atoms with Gasteiger partial charge in [-0.1, -0.05) is 6.07 Å². The number of nitrogens with zero attached hydrogens (tertiary/aromatic N) is 1. The number of hydrogen-bond acceptors (Lipinski definition) is 4. The fourth-order valence-corrected chi connectivity index (χ4v) is 1.48. The van der Waals surface area contributed by atoms with Crippen LogP contribution < -0.4 is 5.32 Å². The third kappa shape index (κ3) is 3.42. The van der Waals surface area contributed by atoms with Crippen LogP contribution in [0.5, 0.6) is 0 Å². The van der Waals surface area contributed by atoms with Gasteiger partial charge in [0.1, 0.15) is 0 Å². The van der Waals surface area contributed by atoms with E-state index in [1.54, 1.807) is 26.2 Å². The summed E-state index contributed by atoms with van der Waals surface area (Å²) < 4.78 is 5.19. The fourth-order valence-electron chi connectivity index (χ4n) is 1.48. The standard InChI is InChI=1S/C12H18N2O3/c1-8-5-6-11(7-12(8)14(15)16)13-9(2)10(3)17-4/h5-7,9-10,13H,1-4H3. The zero-order valence-electron chi connectivity index (χ0n) is 10.6. The molecule has 1 N–H and O–H groups in total. The summed E-state index contributed by atoms with van der Waals surface area (Å²) in [5, 5.41) is 14.0. The van der Waals surface area contributed by atoms with Crippen molar-refractivity contribution in [2.75, 3.05) is 12.4 Å². The van der Waals surface area contributed by atoms with Gasteiger partial charge in [-0.15, -0.1) is 0 Å². The molecule has 0 fully saturated rings. The second-order valence-electron chi connectivity index (χ2n) is 4.13. The van der Waals surface area contributed by atoms with Gasteiger partial charge in [0.2, 0.25) is 0 Å². The summed E-state index contributed by atoms with van der Waals surface area (Å²) in [5.74, 6) is 0. The first kappa shape index (κ1) is 13.4. The first-order valence-corrected chi connectivity index (χ1v) is 5.50. The maximum atomic E-state index is 10.8. The normalized spacial score (nSPS) is 14.1. The number of nitrogens with one attached hydrogen (secondary N) is 1. The van der Waals surface area contributed by atoms with Crippen LogP contribution in [-0.2, 0) is 4.74 Å². The number of anilines is 1. The second-order valence-corrected chi connectivity index (χ2v) is 4.13. The monoisotopic (exact) mass is 238 g/mol. The molecule has 0 saturated carbocycles. The van der Waals surface area contributed by atoms with E-state index >= 15 is 0 Å². The number of benzene rings is 1. The smallest absolute Gasteiger partial charge is 0.274 e. The summed E-state index contributed by atoms with van der Waals surface area (Å²) in [6.45, 7) is 5.64. The van der Waals surface area contributed by atoms with Crippen LogP contribution in [0.1, 0.15) is 19.4 Å².